The summed E-state index contributed by atoms with van der Waals surface area (Å²) in [5.74, 6) is -1.91. The number of carbonyl (C=O) groups is 1. The fourth-order valence-corrected chi connectivity index (χ4v) is 2.01. The van der Waals surface area contributed by atoms with Gasteiger partial charge in [-0.15, -0.1) is 0 Å². The van der Waals surface area contributed by atoms with Crippen molar-refractivity contribution in [1.29, 1.82) is 0 Å². The van der Waals surface area contributed by atoms with Crippen LogP contribution in [0.3, 0.4) is 0 Å². The number of hydrogen-bond donors (Lipinski definition) is 2. The molecule has 2 aromatic carbocycles. The Bertz CT molecular complexity index is 671. The first-order chi connectivity index (χ1) is 10.0. The normalized spacial score (nSPS) is 10.3. The van der Waals surface area contributed by atoms with E-state index in [4.69, 9.17) is 0 Å². The Kier molecular flexibility index (Phi) is 4.52. The Labute approximate surface area is 122 Å². The van der Waals surface area contributed by atoms with Crippen molar-refractivity contribution >= 4 is 17.3 Å². The van der Waals surface area contributed by atoms with E-state index in [9.17, 15) is 13.6 Å². The zero-order chi connectivity index (χ0) is 15.4. The second-order valence-electron chi connectivity index (χ2n) is 4.64. The summed E-state index contributed by atoms with van der Waals surface area (Å²) in [6.07, 6.45) is 0. The first kappa shape index (κ1) is 15.0. The summed E-state index contributed by atoms with van der Waals surface area (Å²) < 4.78 is 26.4. The molecular formula is C16H16F2N2O. The van der Waals surface area contributed by atoms with E-state index in [-0.39, 0.29) is 5.69 Å². The molecule has 1 amide bonds. The maximum absolute atomic E-state index is 13.5. The van der Waals surface area contributed by atoms with Crippen molar-refractivity contribution in [3.63, 3.8) is 0 Å². The molecule has 3 nitrogen and oxygen atoms in total. The summed E-state index contributed by atoms with van der Waals surface area (Å²) in [4.78, 5) is 12.1. The molecule has 0 fully saturated rings. The van der Waals surface area contributed by atoms with Gasteiger partial charge in [0.15, 0.2) is 0 Å². The third-order valence-corrected chi connectivity index (χ3v) is 3.03. The summed E-state index contributed by atoms with van der Waals surface area (Å²) in [6, 6.07) is 8.33. The summed E-state index contributed by atoms with van der Waals surface area (Å²) in [6.45, 7) is 4.57. The van der Waals surface area contributed by atoms with E-state index in [1.54, 1.807) is 19.1 Å². The number of anilines is 2. The lowest BCUT2D eigenvalue weighted by Gasteiger charge is -2.10. The molecule has 0 saturated heterocycles. The largest absolute Gasteiger partial charge is 0.385 e. The third-order valence-electron chi connectivity index (χ3n) is 3.03. The zero-order valence-corrected chi connectivity index (χ0v) is 11.8. The third kappa shape index (κ3) is 3.56. The molecule has 0 saturated carbocycles. The van der Waals surface area contributed by atoms with E-state index < -0.39 is 17.5 Å². The lowest BCUT2D eigenvalue weighted by Crippen LogP contribution is -2.14. The summed E-state index contributed by atoms with van der Waals surface area (Å²) in [5, 5.41) is 5.59. The van der Waals surface area contributed by atoms with Crippen LogP contribution in [0, 0.1) is 18.6 Å². The van der Waals surface area contributed by atoms with Crippen LogP contribution in [0.15, 0.2) is 36.4 Å². The average Bonchev–Trinajstić information content (AvgIpc) is 2.42. The van der Waals surface area contributed by atoms with Gasteiger partial charge in [-0.2, -0.15) is 0 Å². The molecule has 0 aliphatic rings. The van der Waals surface area contributed by atoms with Crippen molar-refractivity contribution in [2.24, 2.45) is 0 Å². The molecular weight excluding hydrogens is 274 g/mol. The van der Waals surface area contributed by atoms with Gasteiger partial charge in [-0.25, -0.2) is 8.78 Å². The summed E-state index contributed by atoms with van der Waals surface area (Å²) in [7, 11) is 0. The van der Waals surface area contributed by atoms with E-state index in [0.29, 0.717) is 5.56 Å². The van der Waals surface area contributed by atoms with Gasteiger partial charge in [0.05, 0.1) is 5.69 Å². The predicted molar refractivity (Wildman–Crippen MR) is 79.7 cm³/mol. The second-order valence-corrected chi connectivity index (χ2v) is 4.64. The van der Waals surface area contributed by atoms with Crippen molar-refractivity contribution in [3.05, 3.63) is 59.2 Å². The van der Waals surface area contributed by atoms with E-state index in [2.05, 4.69) is 10.6 Å². The highest BCUT2D eigenvalue weighted by Gasteiger charge is 2.12. The number of hydrogen-bond acceptors (Lipinski definition) is 2. The van der Waals surface area contributed by atoms with Gasteiger partial charge in [0.1, 0.15) is 11.6 Å². The number of benzene rings is 2. The smallest absolute Gasteiger partial charge is 0.256 e. The predicted octanol–water partition coefficient (Wildman–Crippen LogP) is 3.96. The monoisotopic (exact) mass is 290 g/mol. The maximum atomic E-state index is 13.5. The first-order valence-corrected chi connectivity index (χ1v) is 6.62. The van der Waals surface area contributed by atoms with Crippen LogP contribution in [-0.2, 0) is 0 Å². The van der Waals surface area contributed by atoms with Gasteiger partial charge in [-0.1, -0.05) is 0 Å². The van der Waals surface area contributed by atoms with Crippen LogP contribution in [0.4, 0.5) is 20.2 Å². The minimum atomic E-state index is -0.801. The molecule has 0 atom stereocenters. The van der Waals surface area contributed by atoms with Crippen molar-refractivity contribution < 1.29 is 13.6 Å². The van der Waals surface area contributed by atoms with Crippen molar-refractivity contribution in [1.82, 2.24) is 0 Å². The van der Waals surface area contributed by atoms with Crippen molar-refractivity contribution in [2.45, 2.75) is 13.8 Å². The standard InChI is InChI=1S/C16H16F2N2O/c1-3-19-12-5-6-13(10(2)8-12)16(21)20-15-7-4-11(17)9-14(15)18/h4-9,19H,3H2,1-2H3,(H,20,21). The van der Waals surface area contributed by atoms with Crippen LogP contribution in [-0.4, -0.2) is 12.5 Å². The minimum Gasteiger partial charge on any atom is -0.385 e. The summed E-state index contributed by atoms with van der Waals surface area (Å²) in [5.41, 5.74) is 2.09. The highest BCUT2D eigenvalue weighted by Crippen LogP contribution is 2.19. The molecule has 21 heavy (non-hydrogen) atoms. The Balaban J connectivity index is 2.20. The van der Waals surface area contributed by atoms with Gasteiger partial charge in [0.25, 0.3) is 5.91 Å². The summed E-state index contributed by atoms with van der Waals surface area (Å²) >= 11 is 0. The molecule has 0 bridgehead atoms. The molecule has 2 aromatic rings. The van der Waals surface area contributed by atoms with Crippen molar-refractivity contribution in [2.75, 3.05) is 17.2 Å². The van der Waals surface area contributed by atoms with E-state index >= 15 is 0 Å². The van der Waals surface area contributed by atoms with Crippen LogP contribution in [0.1, 0.15) is 22.8 Å². The first-order valence-electron chi connectivity index (χ1n) is 6.62. The topological polar surface area (TPSA) is 41.1 Å². The zero-order valence-electron chi connectivity index (χ0n) is 11.8. The lowest BCUT2D eigenvalue weighted by molar-refractivity contribution is 0.102. The van der Waals surface area contributed by atoms with E-state index in [0.717, 1.165) is 29.9 Å². The highest BCUT2D eigenvalue weighted by atomic mass is 19.1. The number of aryl methyl sites for hydroxylation is 1. The number of amides is 1. The lowest BCUT2D eigenvalue weighted by atomic mass is 10.1. The minimum absolute atomic E-state index is 0.0449. The molecule has 110 valence electrons. The van der Waals surface area contributed by atoms with Crippen LogP contribution in [0.2, 0.25) is 0 Å². The van der Waals surface area contributed by atoms with Gasteiger partial charge in [-0.3, -0.25) is 4.79 Å². The Hall–Kier alpha value is -2.43. The van der Waals surface area contributed by atoms with Crippen LogP contribution in [0.25, 0.3) is 0 Å². The number of halogens is 2. The van der Waals surface area contributed by atoms with Gasteiger partial charge < -0.3 is 10.6 Å². The number of nitrogens with one attached hydrogen (secondary N) is 2. The molecule has 2 N–H and O–H groups in total. The fourth-order valence-electron chi connectivity index (χ4n) is 2.01. The second kappa shape index (κ2) is 6.35. The molecule has 5 heteroatoms. The number of carbonyl (C=O) groups excluding carboxylic acids is 1. The van der Waals surface area contributed by atoms with Gasteiger partial charge in [0.2, 0.25) is 0 Å². The van der Waals surface area contributed by atoms with Crippen LogP contribution < -0.4 is 10.6 Å². The quantitative estimate of drug-likeness (QED) is 0.895. The van der Waals surface area contributed by atoms with Gasteiger partial charge in [0, 0.05) is 23.9 Å². The molecule has 0 aliphatic heterocycles. The molecule has 0 aromatic heterocycles. The van der Waals surface area contributed by atoms with E-state index in [1.807, 2.05) is 13.0 Å². The maximum Gasteiger partial charge on any atom is 0.256 e. The molecule has 0 aliphatic carbocycles. The number of rotatable bonds is 4. The Morgan fingerprint density at radius 1 is 1.14 bits per heavy atom. The SMILES string of the molecule is CCNc1ccc(C(=O)Nc2ccc(F)cc2F)c(C)c1. The fraction of sp³-hybridized carbons (Fsp3) is 0.188. The molecule has 0 heterocycles. The molecule has 0 spiro atoms. The van der Waals surface area contributed by atoms with E-state index in [1.165, 1.54) is 6.07 Å². The van der Waals surface area contributed by atoms with Crippen LogP contribution >= 0.6 is 0 Å². The molecule has 0 radical (unpaired) electrons. The molecule has 0 unspecified atom stereocenters. The van der Waals surface area contributed by atoms with Gasteiger partial charge >= 0.3 is 0 Å². The Morgan fingerprint density at radius 3 is 2.52 bits per heavy atom. The highest BCUT2D eigenvalue weighted by molar-refractivity contribution is 6.05. The van der Waals surface area contributed by atoms with Gasteiger partial charge in [-0.05, 0) is 49.7 Å². The van der Waals surface area contributed by atoms with Crippen LogP contribution in [0.5, 0.6) is 0 Å². The van der Waals surface area contributed by atoms with Crippen molar-refractivity contribution in [3.8, 4) is 0 Å². The average molecular weight is 290 g/mol. The molecule has 2 rings (SSSR count). The Morgan fingerprint density at radius 2 is 1.90 bits per heavy atom.